The predicted octanol–water partition coefficient (Wildman–Crippen LogP) is 3.76. The highest BCUT2D eigenvalue weighted by molar-refractivity contribution is 5.01. The van der Waals surface area contributed by atoms with Crippen LogP contribution in [0.2, 0.25) is 0 Å². The van der Waals surface area contributed by atoms with E-state index >= 15 is 0 Å². The SMILES string of the molecule is CCCNC(C(CC)OCC)C1CC(C)(C)OC1(C)C. The Kier molecular flexibility index (Phi) is 6.49. The first-order valence-corrected chi connectivity index (χ1v) is 8.32. The topological polar surface area (TPSA) is 30.5 Å². The van der Waals surface area contributed by atoms with Crippen LogP contribution in [-0.2, 0) is 9.47 Å². The van der Waals surface area contributed by atoms with Crippen molar-refractivity contribution >= 4 is 0 Å². The van der Waals surface area contributed by atoms with Crippen molar-refractivity contribution in [3.8, 4) is 0 Å². The van der Waals surface area contributed by atoms with Crippen molar-refractivity contribution in [3.63, 3.8) is 0 Å². The van der Waals surface area contributed by atoms with Crippen LogP contribution in [0.3, 0.4) is 0 Å². The fourth-order valence-electron chi connectivity index (χ4n) is 3.70. The average Bonchev–Trinajstić information content (AvgIpc) is 2.56. The highest BCUT2D eigenvalue weighted by atomic mass is 16.5. The lowest BCUT2D eigenvalue weighted by molar-refractivity contribution is -0.0861. The third-order valence-corrected chi connectivity index (χ3v) is 4.39. The van der Waals surface area contributed by atoms with Crippen LogP contribution < -0.4 is 5.32 Å². The van der Waals surface area contributed by atoms with Crippen LogP contribution >= 0.6 is 0 Å². The molecular weight excluding hydrogens is 250 g/mol. The van der Waals surface area contributed by atoms with E-state index in [0.29, 0.717) is 12.0 Å². The first-order valence-electron chi connectivity index (χ1n) is 8.32. The molecule has 0 saturated carbocycles. The summed E-state index contributed by atoms with van der Waals surface area (Å²) >= 11 is 0. The maximum atomic E-state index is 6.29. The second-order valence-corrected chi connectivity index (χ2v) is 7.16. The molecule has 3 heteroatoms. The molecule has 0 aromatic carbocycles. The molecule has 3 unspecified atom stereocenters. The van der Waals surface area contributed by atoms with Gasteiger partial charge in [-0.2, -0.15) is 0 Å². The van der Waals surface area contributed by atoms with Crippen LogP contribution in [0.4, 0.5) is 0 Å². The molecule has 120 valence electrons. The lowest BCUT2D eigenvalue weighted by Crippen LogP contribution is -2.51. The van der Waals surface area contributed by atoms with Crippen LogP contribution in [0.25, 0.3) is 0 Å². The van der Waals surface area contributed by atoms with Crippen molar-refractivity contribution in [1.82, 2.24) is 5.32 Å². The predicted molar refractivity (Wildman–Crippen MR) is 85.1 cm³/mol. The molecule has 0 spiro atoms. The second-order valence-electron chi connectivity index (χ2n) is 7.16. The van der Waals surface area contributed by atoms with Gasteiger partial charge in [-0.1, -0.05) is 13.8 Å². The molecule has 1 N–H and O–H groups in total. The normalized spacial score (nSPS) is 27.4. The summed E-state index contributed by atoms with van der Waals surface area (Å²) in [7, 11) is 0. The molecule has 0 aromatic rings. The summed E-state index contributed by atoms with van der Waals surface area (Å²) in [6.45, 7) is 17.2. The van der Waals surface area contributed by atoms with E-state index in [2.05, 4.69) is 53.8 Å². The fraction of sp³-hybridized carbons (Fsp3) is 1.00. The van der Waals surface area contributed by atoms with Gasteiger partial charge in [0, 0.05) is 18.6 Å². The minimum absolute atomic E-state index is 0.0369. The summed E-state index contributed by atoms with van der Waals surface area (Å²) in [5.41, 5.74) is -0.135. The van der Waals surface area contributed by atoms with Gasteiger partial charge in [0.1, 0.15) is 0 Å². The molecule has 0 aliphatic carbocycles. The van der Waals surface area contributed by atoms with E-state index in [4.69, 9.17) is 9.47 Å². The average molecular weight is 285 g/mol. The largest absolute Gasteiger partial charge is 0.377 e. The molecule has 20 heavy (non-hydrogen) atoms. The highest BCUT2D eigenvalue weighted by Crippen LogP contribution is 2.44. The van der Waals surface area contributed by atoms with Crippen LogP contribution in [0.5, 0.6) is 0 Å². The highest BCUT2D eigenvalue weighted by Gasteiger charge is 2.50. The molecule has 1 aliphatic heterocycles. The smallest absolute Gasteiger partial charge is 0.0729 e. The van der Waals surface area contributed by atoms with E-state index in [1.807, 2.05) is 0 Å². The quantitative estimate of drug-likeness (QED) is 0.736. The van der Waals surface area contributed by atoms with E-state index in [1.165, 1.54) is 0 Å². The van der Waals surface area contributed by atoms with Crippen LogP contribution in [-0.4, -0.2) is 36.5 Å². The zero-order valence-corrected chi connectivity index (χ0v) is 14.6. The Morgan fingerprint density at radius 1 is 1.20 bits per heavy atom. The number of nitrogens with one attached hydrogen (secondary N) is 1. The number of ether oxygens (including phenoxy) is 2. The summed E-state index contributed by atoms with van der Waals surface area (Å²) in [6, 6.07) is 0.372. The third-order valence-electron chi connectivity index (χ3n) is 4.39. The molecule has 1 heterocycles. The van der Waals surface area contributed by atoms with E-state index in [0.717, 1.165) is 32.4 Å². The van der Waals surface area contributed by atoms with Gasteiger partial charge in [-0.05, 0) is 60.4 Å². The molecule has 1 aliphatic rings. The fourth-order valence-corrected chi connectivity index (χ4v) is 3.70. The van der Waals surface area contributed by atoms with Gasteiger partial charge >= 0.3 is 0 Å². The van der Waals surface area contributed by atoms with E-state index < -0.39 is 0 Å². The van der Waals surface area contributed by atoms with Gasteiger partial charge in [0.25, 0.3) is 0 Å². The number of rotatable bonds is 8. The Labute approximate surface area is 125 Å². The molecule has 0 radical (unpaired) electrons. The Hall–Kier alpha value is -0.120. The molecule has 3 atom stereocenters. The van der Waals surface area contributed by atoms with Gasteiger partial charge in [-0.15, -0.1) is 0 Å². The third kappa shape index (κ3) is 4.44. The first kappa shape index (κ1) is 17.9. The molecule has 0 bridgehead atoms. The second kappa shape index (κ2) is 7.24. The van der Waals surface area contributed by atoms with Crippen molar-refractivity contribution in [2.45, 2.75) is 91.1 Å². The van der Waals surface area contributed by atoms with E-state index in [9.17, 15) is 0 Å². The molecule has 1 fully saturated rings. The molecule has 1 saturated heterocycles. The Morgan fingerprint density at radius 2 is 1.85 bits per heavy atom. The molecule has 0 aromatic heterocycles. The van der Waals surface area contributed by atoms with Crippen molar-refractivity contribution in [3.05, 3.63) is 0 Å². The standard InChI is InChI=1S/C17H35NO2/c1-8-11-18-15(14(9-2)19-10-3)13-12-16(4,5)20-17(13,6)7/h13-15,18H,8-12H2,1-7H3. The first-order chi connectivity index (χ1) is 9.27. The Balaban J connectivity index is 2.91. The summed E-state index contributed by atoms with van der Waals surface area (Å²) in [5, 5.41) is 3.74. The lowest BCUT2D eigenvalue weighted by atomic mass is 9.79. The molecular formula is C17H35NO2. The Morgan fingerprint density at radius 3 is 2.25 bits per heavy atom. The lowest BCUT2D eigenvalue weighted by Gasteiger charge is -2.37. The molecule has 0 amide bonds. The van der Waals surface area contributed by atoms with E-state index in [-0.39, 0.29) is 17.3 Å². The van der Waals surface area contributed by atoms with Gasteiger partial charge in [0.2, 0.25) is 0 Å². The summed E-state index contributed by atoms with van der Waals surface area (Å²) in [5.74, 6) is 0.487. The van der Waals surface area contributed by atoms with Crippen molar-refractivity contribution in [1.29, 1.82) is 0 Å². The minimum atomic E-state index is -0.0978. The van der Waals surface area contributed by atoms with Crippen LogP contribution in [0.1, 0.15) is 67.7 Å². The number of hydrogen-bond acceptors (Lipinski definition) is 3. The minimum Gasteiger partial charge on any atom is -0.377 e. The van der Waals surface area contributed by atoms with Gasteiger partial charge in [0.05, 0.1) is 17.3 Å². The van der Waals surface area contributed by atoms with E-state index in [1.54, 1.807) is 0 Å². The summed E-state index contributed by atoms with van der Waals surface area (Å²) < 4.78 is 12.3. The van der Waals surface area contributed by atoms with Gasteiger partial charge < -0.3 is 14.8 Å². The summed E-state index contributed by atoms with van der Waals surface area (Å²) in [6.07, 6.45) is 3.55. The van der Waals surface area contributed by atoms with Crippen molar-refractivity contribution in [2.75, 3.05) is 13.2 Å². The maximum absolute atomic E-state index is 6.29. The zero-order chi connectivity index (χ0) is 15.4. The van der Waals surface area contributed by atoms with Gasteiger partial charge in [0.15, 0.2) is 0 Å². The number of hydrogen-bond donors (Lipinski definition) is 1. The van der Waals surface area contributed by atoms with Gasteiger partial charge in [-0.3, -0.25) is 0 Å². The van der Waals surface area contributed by atoms with Crippen molar-refractivity contribution in [2.24, 2.45) is 5.92 Å². The monoisotopic (exact) mass is 285 g/mol. The summed E-state index contributed by atoms with van der Waals surface area (Å²) in [4.78, 5) is 0. The van der Waals surface area contributed by atoms with Crippen LogP contribution in [0, 0.1) is 5.92 Å². The zero-order valence-electron chi connectivity index (χ0n) is 14.6. The van der Waals surface area contributed by atoms with Crippen LogP contribution in [0.15, 0.2) is 0 Å². The van der Waals surface area contributed by atoms with Gasteiger partial charge in [-0.25, -0.2) is 0 Å². The Bertz CT molecular complexity index is 289. The molecule has 3 nitrogen and oxygen atoms in total. The molecule has 1 rings (SSSR count). The maximum Gasteiger partial charge on any atom is 0.0729 e. The van der Waals surface area contributed by atoms with Crippen molar-refractivity contribution < 1.29 is 9.47 Å².